The molecule has 0 bridgehead atoms. The Morgan fingerprint density at radius 1 is 1.21 bits per heavy atom. The standard InChI is InChI=1S/C18H24O6/c1-11(2)9-21-16-14(19)15-13(23-18(16)20-3)10-22-17(24-15)12-7-5-4-6-8-12/h4-8,11,13,15-18H,9-10H2,1-3H3/t13-,15-,16+,17-,18+/m1/s1. The first-order chi connectivity index (χ1) is 11.6. The smallest absolute Gasteiger partial charge is 0.198 e. The van der Waals surface area contributed by atoms with Gasteiger partial charge in [-0.25, -0.2) is 0 Å². The van der Waals surface area contributed by atoms with E-state index in [2.05, 4.69) is 0 Å². The Labute approximate surface area is 142 Å². The lowest BCUT2D eigenvalue weighted by atomic mass is 9.99. The summed E-state index contributed by atoms with van der Waals surface area (Å²) in [6.45, 7) is 4.77. The third kappa shape index (κ3) is 3.68. The van der Waals surface area contributed by atoms with Gasteiger partial charge in [0.05, 0.1) is 13.2 Å². The fourth-order valence-corrected chi connectivity index (χ4v) is 2.85. The molecule has 0 aliphatic carbocycles. The molecule has 2 heterocycles. The van der Waals surface area contributed by atoms with Crippen LogP contribution in [0.3, 0.4) is 0 Å². The third-order valence-electron chi connectivity index (χ3n) is 4.05. The zero-order valence-electron chi connectivity index (χ0n) is 14.2. The average Bonchev–Trinajstić information content (AvgIpc) is 2.61. The first kappa shape index (κ1) is 17.5. The Kier molecular flexibility index (Phi) is 5.63. The molecule has 1 aromatic carbocycles. The van der Waals surface area contributed by atoms with Crippen molar-refractivity contribution in [1.82, 2.24) is 0 Å². The van der Waals surface area contributed by atoms with Crippen LogP contribution >= 0.6 is 0 Å². The van der Waals surface area contributed by atoms with E-state index in [1.54, 1.807) is 0 Å². The molecule has 2 saturated heterocycles. The predicted octanol–water partition coefficient (Wildman–Crippen LogP) is 2.08. The molecule has 0 aromatic heterocycles. The van der Waals surface area contributed by atoms with Crippen LogP contribution < -0.4 is 0 Å². The van der Waals surface area contributed by atoms with E-state index in [-0.39, 0.29) is 12.4 Å². The van der Waals surface area contributed by atoms with E-state index >= 15 is 0 Å². The van der Waals surface area contributed by atoms with Gasteiger partial charge in [0.25, 0.3) is 0 Å². The Hall–Kier alpha value is -1.31. The lowest BCUT2D eigenvalue weighted by molar-refractivity contribution is -0.317. The van der Waals surface area contributed by atoms with Gasteiger partial charge in [0.1, 0.15) is 6.10 Å². The zero-order valence-corrected chi connectivity index (χ0v) is 14.2. The molecular formula is C18H24O6. The fraction of sp³-hybridized carbons (Fsp3) is 0.611. The van der Waals surface area contributed by atoms with Crippen molar-refractivity contribution in [3.05, 3.63) is 35.9 Å². The number of hydrogen-bond acceptors (Lipinski definition) is 6. The van der Waals surface area contributed by atoms with Crippen LogP contribution in [0.2, 0.25) is 0 Å². The number of benzene rings is 1. The van der Waals surface area contributed by atoms with Gasteiger partial charge in [0, 0.05) is 12.7 Å². The van der Waals surface area contributed by atoms with Crippen LogP contribution in [0.4, 0.5) is 0 Å². The van der Waals surface area contributed by atoms with Gasteiger partial charge < -0.3 is 23.7 Å². The number of methoxy groups -OCH3 is 1. The van der Waals surface area contributed by atoms with Gasteiger partial charge in [-0.2, -0.15) is 0 Å². The Bertz CT molecular complexity index is 546. The minimum Gasteiger partial charge on any atom is -0.365 e. The molecule has 0 spiro atoms. The van der Waals surface area contributed by atoms with Crippen LogP contribution in [-0.4, -0.2) is 50.7 Å². The topological polar surface area (TPSA) is 63.2 Å². The molecule has 3 rings (SSSR count). The van der Waals surface area contributed by atoms with Crippen LogP contribution in [0.5, 0.6) is 0 Å². The number of hydrogen-bond donors (Lipinski definition) is 0. The van der Waals surface area contributed by atoms with Gasteiger partial charge in [-0.3, -0.25) is 4.79 Å². The SMILES string of the molecule is CO[C@H]1O[C@@H]2CO[C@@H](c3ccccc3)O[C@H]2C(=O)[C@@H]1OCC(C)C. The summed E-state index contributed by atoms with van der Waals surface area (Å²) >= 11 is 0. The molecule has 6 heteroatoms. The lowest BCUT2D eigenvalue weighted by Crippen LogP contribution is -2.60. The van der Waals surface area contributed by atoms with E-state index in [4.69, 9.17) is 23.7 Å². The van der Waals surface area contributed by atoms with E-state index in [0.29, 0.717) is 12.5 Å². The Morgan fingerprint density at radius 2 is 1.96 bits per heavy atom. The molecule has 2 aliphatic heterocycles. The maximum Gasteiger partial charge on any atom is 0.198 e. The molecule has 0 radical (unpaired) electrons. The zero-order chi connectivity index (χ0) is 17.1. The first-order valence-electron chi connectivity index (χ1n) is 8.25. The normalized spacial score (nSPS) is 33.5. The average molecular weight is 336 g/mol. The number of rotatable bonds is 5. The Balaban J connectivity index is 1.73. The largest absolute Gasteiger partial charge is 0.365 e. The van der Waals surface area contributed by atoms with Crippen LogP contribution in [0.15, 0.2) is 30.3 Å². The van der Waals surface area contributed by atoms with E-state index in [0.717, 1.165) is 5.56 Å². The minimum absolute atomic E-state index is 0.150. The second kappa shape index (κ2) is 7.72. The first-order valence-corrected chi connectivity index (χ1v) is 8.25. The summed E-state index contributed by atoms with van der Waals surface area (Å²) in [7, 11) is 1.50. The number of ether oxygens (including phenoxy) is 5. The number of ketones is 1. The summed E-state index contributed by atoms with van der Waals surface area (Å²) in [5.41, 5.74) is 0.872. The molecule has 132 valence electrons. The van der Waals surface area contributed by atoms with Crippen molar-refractivity contribution in [3.63, 3.8) is 0 Å². The quantitative estimate of drug-likeness (QED) is 0.820. The molecule has 2 aliphatic rings. The molecule has 0 amide bonds. The van der Waals surface area contributed by atoms with E-state index < -0.39 is 30.9 Å². The highest BCUT2D eigenvalue weighted by Gasteiger charge is 2.50. The van der Waals surface area contributed by atoms with Gasteiger partial charge in [-0.05, 0) is 5.92 Å². The van der Waals surface area contributed by atoms with Crippen molar-refractivity contribution >= 4 is 5.78 Å². The molecule has 5 atom stereocenters. The van der Waals surface area contributed by atoms with Crippen molar-refractivity contribution in [2.75, 3.05) is 20.3 Å². The molecule has 1 aromatic rings. The molecule has 0 unspecified atom stereocenters. The van der Waals surface area contributed by atoms with Gasteiger partial charge >= 0.3 is 0 Å². The summed E-state index contributed by atoms with van der Waals surface area (Å²) in [6, 6.07) is 9.54. The number of Topliss-reactive ketones (excluding diaryl/α,β-unsaturated/α-hetero) is 1. The minimum atomic E-state index is -0.784. The summed E-state index contributed by atoms with van der Waals surface area (Å²) in [5.74, 6) is 0.156. The second-order valence-corrected chi connectivity index (χ2v) is 6.46. The van der Waals surface area contributed by atoms with Crippen LogP contribution in [-0.2, 0) is 28.5 Å². The summed E-state index contributed by atoms with van der Waals surface area (Å²) in [4.78, 5) is 12.9. The summed E-state index contributed by atoms with van der Waals surface area (Å²) in [5, 5.41) is 0. The van der Waals surface area contributed by atoms with Crippen molar-refractivity contribution in [1.29, 1.82) is 0 Å². The van der Waals surface area contributed by atoms with E-state index in [9.17, 15) is 4.79 Å². The van der Waals surface area contributed by atoms with Crippen LogP contribution in [0.1, 0.15) is 25.7 Å². The molecule has 0 saturated carbocycles. The van der Waals surface area contributed by atoms with E-state index in [1.807, 2.05) is 44.2 Å². The number of carbonyl (C=O) groups excluding carboxylic acids is 1. The van der Waals surface area contributed by atoms with Crippen molar-refractivity contribution in [2.45, 2.75) is 44.7 Å². The van der Waals surface area contributed by atoms with Gasteiger partial charge in [0.15, 0.2) is 30.6 Å². The molecule has 6 nitrogen and oxygen atoms in total. The van der Waals surface area contributed by atoms with Crippen LogP contribution in [0.25, 0.3) is 0 Å². The summed E-state index contributed by atoms with van der Waals surface area (Å²) in [6.07, 6.45) is -3.30. The highest BCUT2D eigenvalue weighted by Crippen LogP contribution is 2.33. The molecule has 2 fully saturated rings. The summed E-state index contributed by atoms with van der Waals surface area (Å²) < 4.78 is 28.4. The van der Waals surface area contributed by atoms with Crippen molar-refractivity contribution in [2.24, 2.45) is 5.92 Å². The second-order valence-electron chi connectivity index (χ2n) is 6.46. The third-order valence-corrected chi connectivity index (χ3v) is 4.05. The monoisotopic (exact) mass is 336 g/mol. The number of carbonyl (C=O) groups is 1. The lowest BCUT2D eigenvalue weighted by Gasteiger charge is -2.43. The molecular weight excluding hydrogens is 312 g/mol. The highest BCUT2D eigenvalue weighted by atomic mass is 16.8. The van der Waals surface area contributed by atoms with E-state index in [1.165, 1.54) is 7.11 Å². The van der Waals surface area contributed by atoms with Crippen molar-refractivity contribution in [3.8, 4) is 0 Å². The highest BCUT2D eigenvalue weighted by molar-refractivity contribution is 5.89. The van der Waals surface area contributed by atoms with Gasteiger partial charge in [-0.1, -0.05) is 44.2 Å². The molecule has 24 heavy (non-hydrogen) atoms. The maximum atomic E-state index is 12.9. The van der Waals surface area contributed by atoms with Gasteiger partial charge in [0.2, 0.25) is 0 Å². The predicted molar refractivity (Wildman–Crippen MR) is 85.3 cm³/mol. The maximum absolute atomic E-state index is 12.9. The Morgan fingerprint density at radius 3 is 2.62 bits per heavy atom. The fourth-order valence-electron chi connectivity index (χ4n) is 2.85. The number of fused-ring (bicyclic) bond motifs is 1. The van der Waals surface area contributed by atoms with Crippen molar-refractivity contribution < 1.29 is 28.5 Å². The molecule has 0 N–H and O–H groups in total. The van der Waals surface area contributed by atoms with Crippen LogP contribution in [0, 0.1) is 5.92 Å². The van der Waals surface area contributed by atoms with Gasteiger partial charge in [-0.15, -0.1) is 0 Å².